The fraction of sp³-hybridized carbons (Fsp3) is 0.364. The summed E-state index contributed by atoms with van der Waals surface area (Å²) in [6, 6.07) is 12.1. The van der Waals surface area contributed by atoms with Gasteiger partial charge in [-0.25, -0.2) is 13.4 Å². The van der Waals surface area contributed by atoms with E-state index in [0.29, 0.717) is 35.1 Å². The second-order valence-corrected chi connectivity index (χ2v) is 10.5. The minimum Gasteiger partial charge on any atom is -0.342 e. The summed E-state index contributed by atoms with van der Waals surface area (Å²) in [5, 5.41) is 3.34. The summed E-state index contributed by atoms with van der Waals surface area (Å²) < 4.78 is 26.3. The number of nitrogens with one attached hydrogen (secondary N) is 2. The maximum absolute atomic E-state index is 13.1. The van der Waals surface area contributed by atoms with Gasteiger partial charge < -0.3 is 10.3 Å². The Labute approximate surface area is 186 Å². The standard InChI is InChI=1S/C22H25ClN4O3S/c1-14(2)20(21-24-17-7-3-4-8-18(17)25-21)26-22(28)15-9-10-16(23)19(13-15)27-11-5-6-12-31(27,29)30/h3-4,7-10,13-14,20H,5-6,11-12H2,1-2H3,(H,24,25)(H,26,28)/t20-/m1/s1. The Bertz CT molecular complexity index is 1190. The molecule has 0 spiro atoms. The van der Waals surface area contributed by atoms with Gasteiger partial charge in [-0.15, -0.1) is 0 Å². The Hall–Kier alpha value is -2.58. The molecule has 2 heterocycles. The molecular formula is C22H25ClN4O3S. The molecule has 0 unspecified atom stereocenters. The van der Waals surface area contributed by atoms with Crippen molar-refractivity contribution in [3.05, 3.63) is 58.9 Å². The predicted molar refractivity (Wildman–Crippen MR) is 123 cm³/mol. The van der Waals surface area contributed by atoms with Crippen molar-refractivity contribution in [1.29, 1.82) is 0 Å². The van der Waals surface area contributed by atoms with Crippen LogP contribution in [0.5, 0.6) is 0 Å². The van der Waals surface area contributed by atoms with Gasteiger partial charge in [0.05, 0.1) is 33.5 Å². The molecule has 164 valence electrons. The number of hydrogen-bond donors (Lipinski definition) is 2. The summed E-state index contributed by atoms with van der Waals surface area (Å²) >= 11 is 6.31. The highest BCUT2D eigenvalue weighted by molar-refractivity contribution is 7.92. The van der Waals surface area contributed by atoms with E-state index >= 15 is 0 Å². The van der Waals surface area contributed by atoms with E-state index in [9.17, 15) is 13.2 Å². The molecule has 0 aliphatic carbocycles. The van der Waals surface area contributed by atoms with E-state index in [2.05, 4.69) is 15.3 Å². The van der Waals surface area contributed by atoms with Gasteiger partial charge in [-0.05, 0) is 49.1 Å². The molecule has 1 aromatic heterocycles. The first-order chi connectivity index (χ1) is 14.8. The van der Waals surface area contributed by atoms with Crippen molar-refractivity contribution in [1.82, 2.24) is 15.3 Å². The first-order valence-electron chi connectivity index (χ1n) is 10.3. The van der Waals surface area contributed by atoms with Crippen molar-refractivity contribution in [2.45, 2.75) is 32.7 Å². The minimum absolute atomic E-state index is 0.0822. The lowest BCUT2D eigenvalue weighted by atomic mass is 10.0. The van der Waals surface area contributed by atoms with Crippen molar-refractivity contribution in [2.75, 3.05) is 16.6 Å². The van der Waals surface area contributed by atoms with Crippen LogP contribution >= 0.6 is 11.6 Å². The second-order valence-electron chi connectivity index (χ2n) is 8.10. The maximum Gasteiger partial charge on any atom is 0.251 e. The molecule has 9 heteroatoms. The number of H-pyrrole nitrogens is 1. The Morgan fingerprint density at radius 1 is 1.19 bits per heavy atom. The van der Waals surface area contributed by atoms with E-state index in [1.54, 1.807) is 18.2 Å². The van der Waals surface area contributed by atoms with Crippen molar-refractivity contribution >= 4 is 44.3 Å². The smallest absolute Gasteiger partial charge is 0.251 e. The number of anilines is 1. The van der Waals surface area contributed by atoms with Gasteiger partial charge in [0, 0.05) is 12.1 Å². The molecule has 1 aliphatic rings. The Balaban J connectivity index is 1.62. The first kappa shape index (κ1) is 21.6. The Morgan fingerprint density at radius 3 is 2.68 bits per heavy atom. The number of fused-ring (bicyclic) bond motifs is 1. The molecule has 0 radical (unpaired) electrons. The Morgan fingerprint density at radius 2 is 1.97 bits per heavy atom. The monoisotopic (exact) mass is 460 g/mol. The summed E-state index contributed by atoms with van der Waals surface area (Å²) in [7, 11) is -3.43. The molecule has 1 atom stereocenters. The van der Waals surface area contributed by atoms with Gasteiger partial charge in [-0.2, -0.15) is 0 Å². The number of benzene rings is 2. The van der Waals surface area contributed by atoms with Crippen LogP contribution in [0.3, 0.4) is 0 Å². The van der Waals surface area contributed by atoms with Crippen LogP contribution in [0.2, 0.25) is 5.02 Å². The number of nitrogens with zero attached hydrogens (tertiary/aromatic N) is 2. The number of aromatic amines is 1. The normalized spacial score (nSPS) is 17.1. The predicted octanol–water partition coefficient (Wildman–Crippen LogP) is 4.27. The van der Waals surface area contributed by atoms with E-state index in [0.717, 1.165) is 17.5 Å². The van der Waals surface area contributed by atoms with Crippen molar-refractivity contribution in [3.8, 4) is 0 Å². The second kappa shape index (κ2) is 8.51. The number of carbonyl (C=O) groups excluding carboxylic acids is 1. The fourth-order valence-corrected chi connectivity index (χ4v) is 5.72. The first-order valence-corrected chi connectivity index (χ1v) is 12.3. The van der Waals surface area contributed by atoms with Gasteiger partial charge in [-0.3, -0.25) is 9.10 Å². The molecule has 4 rings (SSSR count). The van der Waals surface area contributed by atoms with Gasteiger partial charge in [0.15, 0.2) is 0 Å². The molecule has 1 saturated heterocycles. The van der Waals surface area contributed by atoms with Crippen molar-refractivity contribution < 1.29 is 13.2 Å². The molecule has 31 heavy (non-hydrogen) atoms. The lowest BCUT2D eigenvalue weighted by Crippen LogP contribution is -2.38. The third-order valence-corrected chi connectivity index (χ3v) is 7.66. The molecule has 1 aliphatic heterocycles. The number of imidazole rings is 1. The average molecular weight is 461 g/mol. The summed E-state index contributed by atoms with van der Waals surface area (Å²) in [6.45, 7) is 4.37. The number of halogens is 1. The molecule has 0 saturated carbocycles. The SMILES string of the molecule is CC(C)[C@@H](NC(=O)c1ccc(Cl)c(N2CCCCS2(=O)=O)c1)c1nc2ccccc2[nH]1. The third-order valence-electron chi connectivity index (χ3n) is 5.48. The zero-order valence-corrected chi connectivity index (χ0v) is 19.0. The topological polar surface area (TPSA) is 95.2 Å². The van der Waals surface area contributed by atoms with Crippen LogP contribution in [0.4, 0.5) is 5.69 Å². The fourth-order valence-electron chi connectivity index (χ4n) is 3.80. The summed E-state index contributed by atoms with van der Waals surface area (Å²) in [4.78, 5) is 21.0. The largest absolute Gasteiger partial charge is 0.342 e. The lowest BCUT2D eigenvalue weighted by molar-refractivity contribution is 0.0923. The van der Waals surface area contributed by atoms with Crippen molar-refractivity contribution in [2.24, 2.45) is 5.92 Å². The zero-order chi connectivity index (χ0) is 22.2. The number of aromatic nitrogens is 2. The Kier molecular flexibility index (Phi) is 5.94. The quantitative estimate of drug-likeness (QED) is 0.594. The highest BCUT2D eigenvalue weighted by Crippen LogP contribution is 2.32. The summed E-state index contributed by atoms with van der Waals surface area (Å²) in [5.74, 6) is 0.531. The number of hydrogen-bond acceptors (Lipinski definition) is 4. The van der Waals surface area contributed by atoms with Crippen LogP contribution in [0.25, 0.3) is 11.0 Å². The van der Waals surface area contributed by atoms with Crippen LogP contribution in [0.15, 0.2) is 42.5 Å². The average Bonchev–Trinajstić information content (AvgIpc) is 3.15. The lowest BCUT2D eigenvalue weighted by Gasteiger charge is -2.29. The number of amides is 1. The highest BCUT2D eigenvalue weighted by atomic mass is 35.5. The molecule has 0 bridgehead atoms. The van der Waals surface area contributed by atoms with Crippen LogP contribution in [-0.4, -0.2) is 36.6 Å². The van der Waals surface area contributed by atoms with E-state index in [4.69, 9.17) is 11.6 Å². The minimum atomic E-state index is -3.43. The summed E-state index contributed by atoms with van der Waals surface area (Å²) in [5.41, 5.74) is 2.43. The number of sulfonamides is 1. The number of para-hydroxylation sites is 2. The summed E-state index contributed by atoms with van der Waals surface area (Å²) in [6.07, 6.45) is 1.39. The number of rotatable bonds is 5. The van der Waals surface area contributed by atoms with Gasteiger partial charge in [-0.1, -0.05) is 37.6 Å². The van der Waals surface area contributed by atoms with Gasteiger partial charge in [0.1, 0.15) is 5.82 Å². The highest BCUT2D eigenvalue weighted by Gasteiger charge is 2.29. The van der Waals surface area contributed by atoms with E-state index in [1.807, 2.05) is 38.1 Å². The van der Waals surface area contributed by atoms with Gasteiger partial charge in [0.2, 0.25) is 10.0 Å². The van der Waals surface area contributed by atoms with E-state index < -0.39 is 10.0 Å². The van der Waals surface area contributed by atoms with E-state index in [1.165, 1.54) is 4.31 Å². The molecule has 1 amide bonds. The zero-order valence-electron chi connectivity index (χ0n) is 17.4. The van der Waals surface area contributed by atoms with Crippen LogP contribution in [-0.2, 0) is 10.0 Å². The molecular weight excluding hydrogens is 436 g/mol. The molecule has 7 nitrogen and oxygen atoms in total. The molecule has 2 N–H and O–H groups in total. The van der Waals surface area contributed by atoms with E-state index in [-0.39, 0.29) is 23.6 Å². The van der Waals surface area contributed by atoms with Crippen molar-refractivity contribution in [3.63, 3.8) is 0 Å². The molecule has 2 aromatic carbocycles. The number of carbonyl (C=O) groups is 1. The van der Waals surface area contributed by atoms with Gasteiger partial charge >= 0.3 is 0 Å². The molecule has 1 fully saturated rings. The maximum atomic E-state index is 13.1. The third kappa shape index (κ3) is 4.41. The van der Waals surface area contributed by atoms with Crippen LogP contribution in [0, 0.1) is 5.92 Å². The van der Waals surface area contributed by atoms with Crippen LogP contribution < -0.4 is 9.62 Å². The van der Waals surface area contributed by atoms with Gasteiger partial charge in [0.25, 0.3) is 5.91 Å². The molecule has 3 aromatic rings. The van der Waals surface area contributed by atoms with Crippen LogP contribution in [0.1, 0.15) is 48.9 Å².